The molecular formula is C37H22FN3O. The third kappa shape index (κ3) is 3.25. The number of hydrogen-bond acceptors (Lipinski definition) is 2. The Morgan fingerprint density at radius 3 is 2.10 bits per heavy atom. The van der Waals surface area contributed by atoms with E-state index in [2.05, 4.69) is 71.3 Å². The number of halogens is 1. The lowest BCUT2D eigenvalue weighted by atomic mass is 10.1. The normalized spacial score (nSPS) is 11.9. The molecule has 3 heterocycles. The largest absolute Gasteiger partial charge is 0.455 e. The number of aromatic nitrogens is 3. The van der Waals surface area contributed by atoms with Crippen LogP contribution in [0.5, 0.6) is 0 Å². The van der Waals surface area contributed by atoms with Crippen LogP contribution in [0.3, 0.4) is 0 Å². The van der Waals surface area contributed by atoms with Crippen molar-refractivity contribution in [2.45, 2.75) is 0 Å². The van der Waals surface area contributed by atoms with Crippen LogP contribution in [0.15, 0.2) is 138 Å². The molecule has 4 nitrogen and oxygen atoms in total. The number of fused-ring (bicyclic) bond motifs is 8. The van der Waals surface area contributed by atoms with Gasteiger partial charge in [-0.1, -0.05) is 66.7 Å². The van der Waals surface area contributed by atoms with Crippen molar-refractivity contribution < 1.29 is 8.81 Å². The Hall–Kier alpha value is -5.68. The monoisotopic (exact) mass is 543 g/mol. The fraction of sp³-hybridized carbons (Fsp3) is 0. The molecule has 42 heavy (non-hydrogen) atoms. The molecular weight excluding hydrogens is 521 g/mol. The van der Waals surface area contributed by atoms with E-state index < -0.39 is 0 Å². The van der Waals surface area contributed by atoms with Crippen molar-refractivity contribution in [2.75, 3.05) is 0 Å². The molecule has 0 N–H and O–H groups in total. The SMILES string of the molecule is Fc1ccc2nc(-c3ccccc3)n(-c3ccc(-n4c5ccccc5c5c6oc7ccccc7c6ccc54)cc3)c2c1. The first-order chi connectivity index (χ1) is 20.7. The van der Waals surface area contributed by atoms with Gasteiger partial charge in [-0.05, 0) is 60.7 Å². The van der Waals surface area contributed by atoms with Crippen LogP contribution in [0.2, 0.25) is 0 Å². The average molecular weight is 544 g/mol. The van der Waals surface area contributed by atoms with Crippen molar-refractivity contribution in [1.29, 1.82) is 0 Å². The standard InChI is InChI=1S/C37H22FN3O/c38-24-14-20-30-33(22-24)41(37(39-30)23-8-2-1-3-9-23)26-17-15-25(16-18-26)40-31-12-6-4-11-29(31)35-32(40)21-19-28-27-10-5-7-13-34(27)42-36(28)35/h1-22H. The lowest BCUT2D eigenvalue weighted by molar-refractivity contribution is 0.629. The zero-order valence-electron chi connectivity index (χ0n) is 22.3. The number of para-hydroxylation sites is 2. The summed E-state index contributed by atoms with van der Waals surface area (Å²) < 4.78 is 25.2. The van der Waals surface area contributed by atoms with E-state index in [0.29, 0.717) is 0 Å². The first-order valence-electron chi connectivity index (χ1n) is 13.9. The number of nitrogens with zero attached hydrogens (tertiary/aromatic N) is 3. The van der Waals surface area contributed by atoms with E-state index in [4.69, 9.17) is 9.40 Å². The summed E-state index contributed by atoms with van der Waals surface area (Å²) in [5.41, 5.74) is 8.35. The number of imidazole rings is 1. The Labute approximate surface area is 239 Å². The Kier molecular flexibility index (Phi) is 4.75. The molecule has 0 amide bonds. The van der Waals surface area contributed by atoms with Crippen molar-refractivity contribution in [1.82, 2.24) is 14.1 Å². The molecule has 0 radical (unpaired) electrons. The number of benzene rings is 6. The maximum Gasteiger partial charge on any atom is 0.145 e. The van der Waals surface area contributed by atoms with Gasteiger partial charge in [-0.2, -0.15) is 0 Å². The summed E-state index contributed by atoms with van der Waals surface area (Å²) in [5, 5.41) is 4.48. The molecule has 6 aromatic carbocycles. The Bertz CT molecular complexity index is 2470. The highest BCUT2D eigenvalue weighted by Gasteiger charge is 2.19. The minimum Gasteiger partial charge on any atom is -0.455 e. The van der Waals surface area contributed by atoms with Gasteiger partial charge in [0.25, 0.3) is 0 Å². The molecule has 0 atom stereocenters. The van der Waals surface area contributed by atoms with Gasteiger partial charge in [-0.3, -0.25) is 4.57 Å². The zero-order valence-corrected chi connectivity index (χ0v) is 22.3. The van der Waals surface area contributed by atoms with Crippen LogP contribution in [0, 0.1) is 5.82 Å². The maximum absolute atomic E-state index is 14.4. The van der Waals surface area contributed by atoms with Gasteiger partial charge in [0.05, 0.1) is 27.5 Å². The molecule has 0 aliphatic carbocycles. The predicted octanol–water partition coefficient (Wildman–Crippen LogP) is 9.83. The Balaban J connectivity index is 1.27. The summed E-state index contributed by atoms with van der Waals surface area (Å²) >= 11 is 0. The second-order valence-electron chi connectivity index (χ2n) is 10.6. The topological polar surface area (TPSA) is 35.9 Å². The van der Waals surface area contributed by atoms with Crippen molar-refractivity contribution >= 4 is 54.8 Å². The van der Waals surface area contributed by atoms with Gasteiger partial charge in [0.2, 0.25) is 0 Å². The van der Waals surface area contributed by atoms with Crippen molar-refractivity contribution in [3.05, 3.63) is 139 Å². The molecule has 198 valence electrons. The van der Waals surface area contributed by atoms with Gasteiger partial charge in [-0.15, -0.1) is 0 Å². The van der Waals surface area contributed by atoms with E-state index in [1.54, 1.807) is 12.1 Å². The highest BCUT2D eigenvalue weighted by Crippen LogP contribution is 2.40. The van der Waals surface area contributed by atoms with Gasteiger partial charge in [0.15, 0.2) is 0 Å². The highest BCUT2D eigenvalue weighted by atomic mass is 19.1. The van der Waals surface area contributed by atoms with Crippen LogP contribution >= 0.6 is 0 Å². The van der Waals surface area contributed by atoms with Crippen molar-refractivity contribution in [3.63, 3.8) is 0 Å². The lowest BCUT2D eigenvalue weighted by Gasteiger charge is -2.12. The molecule has 0 spiro atoms. The van der Waals surface area contributed by atoms with Crippen LogP contribution in [0.4, 0.5) is 4.39 Å². The molecule has 0 saturated carbocycles. The highest BCUT2D eigenvalue weighted by molar-refractivity contribution is 6.23. The summed E-state index contributed by atoms with van der Waals surface area (Å²) in [6, 6.07) is 44.1. The number of hydrogen-bond donors (Lipinski definition) is 0. The van der Waals surface area contributed by atoms with Crippen LogP contribution in [0.25, 0.3) is 77.5 Å². The Morgan fingerprint density at radius 1 is 0.548 bits per heavy atom. The molecule has 9 rings (SSSR count). The van der Waals surface area contributed by atoms with Gasteiger partial charge >= 0.3 is 0 Å². The van der Waals surface area contributed by atoms with Crippen molar-refractivity contribution in [3.8, 4) is 22.8 Å². The molecule has 5 heteroatoms. The van der Waals surface area contributed by atoms with Crippen LogP contribution in [-0.4, -0.2) is 14.1 Å². The molecule has 0 fully saturated rings. The molecule has 0 bridgehead atoms. The Morgan fingerprint density at radius 2 is 1.26 bits per heavy atom. The van der Waals surface area contributed by atoms with Gasteiger partial charge in [0.1, 0.15) is 22.8 Å². The third-order valence-corrected chi connectivity index (χ3v) is 8.19. The maximum atomic E-state index is 14.4. The van der Waals surface area contributed by atoms with Crippen LogP contribution < -0.4 is 0 Å². The third-order valence-electron chi connectivity index (χ3n) is 8.19. The second-order valence-corrected chi connectivity index (χ2v) is 10.6. The minimum atomic E-state index is -0.290. The zero-order chi connectivity index (χ0) is 27.8. The van der Waals surface area contributed by atoms with Gasteiger partial charge < -0.3 is 8.98 Å². The lowest BCUT2D eigenvalue weighted by Crippen LogP contribution is -1.99. The quantitative estimate of drug-likeness (QED) is 0.222. The van der Waals surface area contributed by atoms with E-state index >= 15 is 0 Å². The minimum absolute atomic E-state index is 0.290. The van der Waals surface area contributed by atoms with E-state index in [-0.39, 0.29) is 5.82 Å². The molecule has 0 aliphatic heterocycles. The van der Waals surface area contributed by atoms with E-state index in [1.807, 2.05) is 53.1 Å². The van der Waals surface area contributed by atoms with Crippen LogP contribution in [-0.2, 0) is 0 Å². The molecule has 0 aliphatic rings. The fourth-order valence-electron chi connectivity index (χ4n) is 6.35. The first-order valence-corrected chi connectivity index (χ1v) is 13.9. The summed E-state index contributed by atoms with van der Waals surface area (Å²) in [5.74, 6) is 0.482. The van der Waals surface area contributed by atoms with E-state index in [9.17, 15) is 4.39 Å². The first kappa shape index (κ1) is 23.1. The molecule has 9 aromatic rings. The molecule has 0 saturated heterocycles. The smallest absolute Gasteiger partial charge is 0.145 e. The summed E-state index contributed by atoms with van der Waals surface area (Å²) in [4.78, 5) is 4.88. The van der Waals surface area contributed by atoms with E-state index in [1.165, 1.54) is 6.07 Å². The van der Waals surface area contributed by atoms with E-state index in [0.717, 1.165) is 77.5 Å². The molecule has 3 aromatic heterocycles. The number of furan rings is 1. The summed E-state index contributed by atoms with van der Waals surface area (Å²) in [6.07, 6.45) is 0. The van der Waals surface area contributed by atoms with Gasteiger partial charge in [0, 0.05) is 39.2 Å². The van der Waals surface area contributed by atoms with Crippen molar-refractivity contribution in [2.24, 2.45) is 0 Å². The number of rotatable bonds is 3. The summed E-state index contributed by atoms with van der Waals surface area (Å²) in [7, 11) is 0. The van der Waals surface area contributed by atoms with Gasteiger partial charge in [-0.25, -0.2) is 9.37 Å². The fourth-order valence-corrected chi connectivity index (χ4v) is 6.35. The second kappa shape index (κ2) is 8.66. The predicted molar refractivity (Wildman–Crippen MR) is 168 cm³/mol. The average Bonchev–Trinajstić information content (AvgIpc) is 3.71. The molecule has 0 unspecified atom stereocenters. The summed E-state index contributed by atoms with van der Waals surface area (Å²) in [6.45, 7) is 0. The van der Waals surface area contributed by atoms with Crippen LogP contribution in [0.1, 0.15) is 0 Å².